The smallest absolute Gasteiger partial charge is 0.328 e. The lowest BCUT2D eigenvalue weighted by Gasteiger charge is -2.25. The largest absolute Gasteiger partial charge is 0.495 e. The van der Waals surface area contributed by atoms with E-state index in [1.807, 2.05) is 0 Å². The van der Waals surface area contributed by atoms with Gasteiger partial charge in [-0.05, 0) is 36.5 Å². The van der Waals surface area contributed by atoms with Crippen LogP contribution in [0.15, 0.2) is 18.2 Å². The van der Waals surface area contributed by atoms with Crippen molar-refractivity contribution in [3.8, 4) is 5.75 Å². The van der Waals surface area contributed by atoms with Gasteiger partial charge in [-0.25, -0.2) is 4.79 Å². The molecule has 2 rings (SSSR count). The number of carbonyl (C=O) groups is 1. The summed E-state index contributed by atoms with van der Waals surface area (Å²) in [5.74, 6) is -0.510. The minimum absolute atomic E-state index is 0.00976. The van der Waals surface area contributed by atoms with Gasteiger partial charge in [0, 0.05) is 0 Å². The quantitative estimate of drug-likeness (QED) is 0.863. The molecule has 0 spiro atoms. The second-order valence-electron chi connectivity index (χ2n) is 4.30. The molecule has 1 aromatic carbocycles. The van der Waals surface area contributed by atoms with Crippen molar-refractivity contribution in [2.45, 2.75) is 18.4 Å². The zero-order chi connectivity index (χ0) is 12.6. The molecule has 5 heteroatoms. The zero-order valence-corrected chi connectivity index (χ0v) is 10.2. The highest BCUT2D eigenvalue weighted by atomic mass is 35.5. The molecule has 92 valence electrons. The van der Waals surface area contributed by atoms with Crippen LogP contribution in [-0.2, 0) is 10.3 Å². The standard InChI is InChI=1S/C12H14ClNO3/c1-17-10-5-4-8(6-9(10)13)12(14,11(15)16)7-2-3-7/h4-7H,2-3,14H2,1H3,(H,15,16). The van der Waals surface area contributed by atoms with Crippen LogP contribution in [0.3, 0.4) is 0 Å². The molecule has 3 N–H and O–H groups in total. The lowest BCUT2D eigenvalue weighted by Crippen LogP contribution is -2.47. The van der Waals surface area contributed by atoms with Crippen molar-refractivity contribution >= 4 is 17.6 Å². The van der Waals surface area contributed by atoms with Crippen LogP contribution in [0.25, 0.3) is 0 Å². The number of carboxylic acid groups (broad SMARTS) is 1. The van der Waals surface area contributed by atoms with Gasteiger partial charge < -0.3 is 15.6 Å². The SMILES string of the molecule is COc1ccc(C(N)(C(=O)O)C2CC2)cc1Cl. The summed E-state index contributed by atoms with van der Waals surface area (Å²) in [6.45, 7) is 0. The normalized spacial score (nSPS) is 18.5. The molecule has 1 unspecified atom stereocenters. The molecule has 1 aliphatic carbocycles. The first kappa shape index (κ1) is 12.2. The van der Waals surface area contributed by atoms with Gasteiger partial charge in [-0.15, -0.1) is 0 Å². The van der Waals surface area contributed by atoms with E-state index < -0.39 is 11.5 Å². The molecule has 0 heterocycles. The second-order valence-corrected chi connectivity index (χ2v) is 4.70. The molecule has 0 amide bonds. The lowest BCUT2D eigenvalue weighted by atomic mass is 9.86. The fraction of sp³-hybridized carbons (Fsp3) is 0.417. The number of hydrogen-bond donors (Lipinski definition) is 2. The Morgan fingerprint density at radius 3 is 2.65 bits per heavy atom. The fourth-order valence-corrected chi connectivity index (χ4v) is 2.25. The maximum absolute atomic E-state index is 11.4. The maximum Gasteiger partial charge on any atom is 0.328 e. The average molecular weight is 256 g/mol. The molecule has 1 saturated carbocycles. The summed E-state index contributed by atoms with van der Waals surface area (Å²) in [6.07, 6.45) is 1.68. The van der Waals surface area contributed by atoms with Crippen molar-refractivity contribution in [2.75, 3.05) is 7.11 Å². The molecule has 0 aromatic heterocycles. The average Bonchev–Trinajstić information content (AvgIpc) is 3.11. The molecular weight excluding hydrogens is 242 g/mol. The highest BCUT2D eigenvalue weighted by Gasteiger charge is 2.49. The van der Waals surface area contributed by atoms with E-state index in [4.69, 9.17) is 22.1 Å². The first-order valence-corrected chi connectivity index (χ1v) is 5.74. The molecular formula is C12H14ClNO3. The Morgan fingerprint density at radius 1 is 1.59 bits per heavy atom. The van der Waals surface area contributed by atoms with Crippen LogP contribution >= 0.6 is 11.6 Å². The van der Waals surface area contributed by atoms with Gasteiger partial charge in [0.1, 0.15) is 11.3 Å². The van der Waals surface area contributed by atoms with Crippen LogP contribution in [0.1, 0.15) is 18.4 Å². The van der Waals surface area contributed by atoms with Crippen LogP contribution in [0.4, 0.5) is 0 Å². The number of nitrogens with two attached hydrogens (primary N) is 1. The molecule has 1 aliphatic rings. The van der Waals surface area contributed by atoms with Crippen molar-refractivity contribution in [3.63, 3.8) is 0 Å². The molecule has 1 aromatic rings. The summed E-state index contributed by atoms with van der Waals surface area (Å²) in [5.41, 5.74) is 5.22. The van der Waals surface area contributed by atoms with E-state index in [1.165, 1.54) is 7.11 Å². The number of rotatable bonds is 4. The summed E-state index contributed by atoms with van der Waals surface area (Å²) < 4.78 is 5.03. The van der Waals surface area contributed by atoms with Crippen molar-refractivity contribution in [1.82, 2.24) is 0 Å². The predicted octanol–water partition coefficient (Wildman–Crippen LogP) is 2.00. The fourth-order valence-electron chi connectivity index (χ4n) is 2.00. The van der Waals surface area contributed by atoms with Crippen molar-refractivity contribution in [2.24, 2.45) is 11.7 Å². The minimum Gasteiger partial charge on any atom is -0.495 e. The molecule has 4 nitrogen and oxygen atoms in total. The van der Waals surface area contributed by atoms with E-state index in [-0.39, 0.29) is 5.92 Å². The molecule has 17 heavy (non-hydrogen) atoms. The van der Waals surface area contributed by atoms with Crippen LogP contribution in [-0.4, -0.2) is 18.2 Å². The zero-order valence-electron chi connectivity index (χ0n) is 9.44. The number of benzene rings is 1. The Bertz CT molecular complexity index is 459. The van der Waals surface area contributed by atoms with Crippen molar-refractivity contribution < 1.29 is 14.6 Å². The lowest BCUT2D eigenvalue weighted by molar-refractivity contribution is -0.144. The van der Waals surface area contributed by atoms with Crippen LogP contribution in [0.2, 0.25) is 5.02 Å². The van der Waals surface area contributed by atoms with E-state index in [1.54, 1.807) is 18.2 Å². The number of halogens is 1. The maximum atomic E-state index is 11.4. The monoisotopic (exact) mass is 255 g/mol. The van der Waals surface area contributed by atoms with Crippen LogP contribution < -0.4 is 10.5 Å². The Morgan fingerprint density at radius 2 is 2.24 bits per heavy atom. The highest BCUT2D eigenvalue weighted by Crippen LogP contribution is 2.45. The number of ether oxygens (including phenoxy) is 1. The Hall–Kier alpha value is -1.26. The van der Waals surface area contributed by atoms with Gasteiger partial charge in [-0.2, -0.15) is 0 Å². The summed E-state index contributed by atoms with van der Waals surface area (Å²) >= 11 is 5.99. The van der Waals surface area contributed by atoms with E-state index in [0.29, 0.717) is 16.3 Å². The topological polar surface area (TPSA) is 72.5 Å². The Balaban J connectivity index is 2.44. The molecule has 1 fully saturated rings. The minimum atomic E-state index is -1.34. The van der Waals surface area contributed by atoms with Gasteiger partial charge >= 0.3 is 5.97 Å². The number of carboxylic acids is 1. The third-order valence-corrected chi connectivity index (χ3v) is 3.50. The van der Waals surface area contributed by atoms with Gasteiger partial charge in [-0.3, -0.25) is 0 Å². The Labute approximate surface area is 104 Å². The highest BCUT2D eigenvalue weighted by molar-refractivity contribution is 6.32. The molecule has 0 saturated heterocycles. The molecule has 0 bridgehead atoms. The first-order valence-electron chi connectivity index (χ1n) is 5.36. The van der Waals surface area contributed by atoms with E-state index in [0.717, 1.165) is 12.8 Å². The molecule has 0 aliphatic heterocycles. The molecule has 0 radical (unpaired) electrons. The van der Waals surface area contributed by atoms with E-state index >= 15 is 0 Å². The Kier molecular flexibility index (Phi) is 3.02. The summed E-state index contributed by atoms with van der Waals surface area (Å²) in [4.78, 5) is 11.4. The molecule has 1 atom stereocenters. The predicted molar refractivity (Wildman–Crippen MR) is 64.2 cm³/mol. The van der Waals surface area contributed by atoms with E-state index in [2.05, 4.69) is 0 Å². The third kappa shape index (κ3) is 1.98. The van der Waals surface area contributed by atoms with Crippen molar-refractivity contribution in [3.05, 3.63) is 28.8 Å². The van der Waals surface area contributed by atoms with Gasteiger partial charge in [0.25, 0.3) is 0 Å². The van der Waals surface area contributed by atoms with Crippen LogP contribution in [0, 0.1) is 5.92 Å². The number of aliphatic carboxylic acids is 1. The summed E-state index contributed by atoms with van der Waals surface area (Å²) in [6, 6.07) is 4.88. The van der Waals surface area contributed by atoms with Gasteiger partial charge in [0.15, 0.2) is 0 Å². The summed E-state index contributed by atoms with van der Waals surface area (Å²) in [7, 11) is 1.51. The number of hydrogen-bond acceptors (Lipinski definition) is 3. The second kappa shape index (κ2) is 4.20. The van der Waals surface area contributed by atoms with Gasteiger partial charge in [0.2, 0.25) is 0 Å². The number of methoxy groups -OCH3 is 1. The van der Waals surface area contributed by atoms with Crippen molar-refractivity contribution in [1.29, 1.82) is 0 Å². The van der Waals surface area contributed by atoms with E-state index in [9.17, 15) is 9.90 Å². The first-order chi connectivity index (χ1) is 8.00. The third-order valence-electron chi connectivity index (χ3n) is 3.20. The summed E-state index contributed by atoms with van der Waals surface area (Å²) in [5, 5.41) is 9.69. The van der Waals surface area contributed by atoms with Gasteiger partial charge in [-0.1, -0.05) is 17.7 Å². The van der Waals surface area contributed by atoms with Crippen LogP contribution in [0.5, 0.6) is 5.75 Å². The van der Waals surface area contributed by atoms with Gasteiger partial charge in [0.05, 0.1) is 12.1 Å².